The van der Waals surface area contributed by atoms with Crippen LogP contribution in [0.4, 0.5) is 0 Å². The first-order valence-corrected chi connectivity index (χ1v) is 6.54. The van der Waals surface area contributed by atoms with Crippen molar-refractivity contribution in [3.05, 3.63) is 12.2 Å². The van der Waals surface area contributed by atoms with Crippen molar-refractivity contribution in [2.24, 2.45) is 5.92 Å². The number of carboxylic acid groups (broad SMARTS) is 1. The van der Waals surface area contributed by atoms with Crippen LogP contribution < -0.4 is 0 Å². The fourth-order valence-electron chi connectivity index (χ4n) is 2.60. The van der Waals surface area contributed by atoms with Crippen LogP contribution in [0.25, 0.3) is 0 Å². The average Bonchev–Trinajstić information content (AvgIpc) is 2.69. The monoisotopic (exact) mass is 269 g/mol. The molecule has 0 spiro atoms. The quantitative estimate of drug-likeness (QED) is 0.745. The van der Waals surface area contributed by atoms with Gasteiger partial charge in [-0.05, 0) is 19.8 Å². The molecule has 1 saturated heterocycles. The predicted octanol–water partition coefficient (Wildman–Crippen LogP) is 1.68. The Morgan fingerprint density at radius 2 is 2.16 bits per heavy atom. The average molecular weight is 269 g/mol. The van der Waals surface area contributed by atoms with Crippen LogP contribution in [0.5, 0.6) is 0 Å². The van der Waals surface area contributed by atoms with Crippen LogP contribution >= 0.6 is 0 Å². The Labute approximate surface area is 114 Å². The smallest absolute Gasteiger partial charge is 0.305 e. The van der Waals surface area contributed by atoms with Gasteiger partial charge in [-0.15, -0.1) is 6.58 Å². The highest BCUT2D eigenvalue weighted by atomic mass is 16.5. The van der Waals surface area contributed by atoms with E-state index in [-0.39, 0.29) is 30.4 Å². The number of hydrogen-bond donors (Lipinski definition) is 1. The summed E-state index contributed by atoms with van der Waals surface area (Å²) < 4.78 is 5.26. The van der Waals surface area contributed by atoms with E-state index < -0.39 is 5.97 Å². The molecule has 0 aliphatic carbocycles. The first-order valence-electron chi connectivity index (χ1n) is 6.54. The van der Waals surface area contributed by atoms with Gasteiger partial charge in [-0.3, -0.25) is 9.59 Å². The van der Waals surface area contributed by atoms with Crippen LogP contribution in [0.1, 0.15) is 33.1 Å². The van der Waals surface area contributed by atoms with Crippen molar-refractivity contribution in [2.75, 3.05) is 13.7 Å². The summed E-state index contributed by atoms with van der Waals surface area (Å²) in [6.07, 6.45) is 1.14. The van der Waals surface area contributed by atoms with Gasteiger partial charge >= 0.3 is 5.97 Å². The Bertz CT molecular complexity index is 366. The molecule has 1 aliphatic heterocycles. The number of carbonyl (C=O) groups is 2. The van der Waals surface area contributed by atoms with Crippen LogP contribution in [0.2, 0.25) is 0 Å². The highest BCUT2D eigenvalue weighted by Gasteiger charge is 2.37. The molecule has 1 heterocycles. The third-order valence-electron chi connectivity index (χ3n) is 3.48. The Hall–Kier alpha value is -1.36. The van der Waals surface area contributed by atoms with Gasteiger partial charge in [0.1, 0.15) is 0 Å². The molecule has 1 aliphatic rings. The molecular weight excluding hydrogens is 246 g/mol. The molecule has 1 fully saturated rings. The number of carboxylic acids is 1. The van der Waals surface area contributed by atoms with Gasteiger partial charge in [0.25, 0.3) is 0 Å². The Balaban J connectivity index is 2.73. The van der Waals surface area contributed by atoms with Crippen molar-refractivity contribution >= 4 is 11.9 Å². The second kappa shape index (κ2) is 6.70. The zero-order valence-corrected chi connectivity index (χ0v) is 11.9. The van der Waals surface area contributed by atoms with E-state index in [0.717, 1.165) is 5.57 Å². The molecule has 5 heteroatoms. The standard InChI is InChI=1S/C14H23NO4/c1-9(2)5-10(3)14(18)15-8-12(19-4)6-11(15)7-13(16)17/h10-12H,1,5-8H2,2-4H3,(H,16,17)/t10-,11-,12-/m0/s1. The minimum absolute atomic E-state index is 0.00574. The Kier molecular flexibility index (Phi) is 5.54. The van der Waals surface area contributed by atoms with Gasteiger partial charge in [0.15, 0.2) is 0 Å². The fraction of sp³-hybridized carbons (Fsp3) is 0.714. The van der Waals surface area contributed by atoms with E-state index in [4.69, 9.17) is 9.84 Å². The van der Waals surface area contributed by atoms with Crippen LogP contribution in [0, 0.1) is 5.92 Å². The highest BCUT2D eigenvalue weighted by Crippen LogP contribution is 2.26. The molecule has 0 bridgehead atoms. The number of nitrogens with zero attached hydrogens (tertiary/aromatic N) is 1. The lowest BCUT2D eigenvalue weighted by atomic mass is 10.0. The molecule has 0 radical (unpaired) electrons. The fourth-order valence-corrected chi connectivity index (χ4v) is 2.60. The van der Waals surface area contributed by atoms with Gasteiger partial charge < -0.3 is 14.7 Å². The van der Waals surface area contributed by atoms with Crippen LogP contribution in [-0.2, 0) is 14.3 Å². The molecule has 5 nitrogen and oxygen atoms in total. The summed E-state index contributed by atoms with van der Waals surface area (Å²) in [6, 6.07) is -0.262. The molecule has 0 unspecified atom stereocenters. The topological polar surface area (TPSA) is 66.8 Å². The zero-order valence-electron chi connectivity index (χ0n) is 11.9. The van der Waals surface area contributed by atoms with E-state index in [0.29, 0.717) is 19.4 Å². The summed E-state index contributed by atoms with van der Waals surface area (Å²) in [7, 11) is 1.59. The number of amides is 1. The largest absolute Gasteiger partial charge is 0.481 e. The van der Waals surface area contributed by atoms with Crippen molar-refractivity contribution in [3.63, 3.8) is 0 Å². The van der Waals surface area contributed by atoms with Crippen molar-refractivity contribution in [3.8, 4) is 0 Å². The first-order chi connectivity index (χ1) is 8.85. The van der Waals surface area contributed by atoms with Crippen LogP contribution in [0.3, 0.4) is 0 Å². The van der Waals surface area contributed by atoms with Crippen LogP contribution in [-0.4, -0.2) is 47.7 Å². The number of ether oxygens (including phenoxy) is 1. The van der Waals surface area contributed by atoms with Gasteiger partial charge in [-0.2, -0.15) is 0 Å². The summed E-state index contributed by atoms with van der Waals surface area (Å²) >= 11 is 0. The SMILES string of the molecule is C=C(C)C[C@H](C)C(=O)N1C[C@@H](OC)C[C@H]1CC(=O)O. The lowest BCUT2D eigenvalue weighted by molar-refractivity contribution is -0.141. The summed E-state index contributed by atoms with van der Waals surface area (Å²) in [5.74, 6) is -1.05. The van der Waals surface area contributed by atoms with Crippen molar-refractivity contribution in [2.45, 2.75) is 45.3 Å². The number of aliphatic carboxylic acids is 1. The number of rotatable bonds is 6. The van der Waals surface area contributed by atoms with E-state index in [9.17, 15) is 9.59 Å². The van der Waals surface area contributed by atoms with E-state index in [1.807, 2.05) is 13.8 Å². The van der Waals surface area contributed by atoms with E-state index in [1.165, 1.54) is 0 Å². The number of methoxy groups -OCH3 is 1. The molecule has 0 saturated carbocycles. The van der Waals surface area contributed by atoms with Crippen LogP contribution in [0.15, 0.2) is 12.2 Å². The van der Waals surface area contributed by atoms with Gasteiger partial charge in [-0.1, -0.05) is 12.5 Å². The number of likely N-dealkylation sites (tertiary alicyclic amines) is 1. The molecule has 0 aromatic carbocycles. The van der Waals surface area contributed by atoms with Crippen molar-refractivity contribution in [1.29, 1.82) is 0 Å². The van der Waals surface area contributed by atoms with Crippen molar-refractivity contribution in [1.82, 2.24) is 4.90 Å². The summed E-state index contributed by atoms with van der Waals surface area (Å²) in [6.45, 7) is 8.04. The summed E-state index contributed by atoms with van der Waals surface area (Å²) in [4.78, 5) is 24.9. The minimum Gasteiger partial charge on any atom is -0.481 e. The van der Waals surface area contributed by atoms with E-state index in [2.05, 4.69) is 6.58 Å². The molecule has 19 heavy (non-hydrogen) atoms. The Morgan fingerprint density at radius 3 is 2.63 bits per heavy atom. The van der Waals surface area contributed by atoms with E-state index >= 15 is 0 Å². The molecule has 0 aromatic rings. The summed E-state index contributed by atoms with van der Waals surface area (Å²) in [5.41, 5.74) is 0.957. The lowest BCUT2D eigenvalue weighted by Gasteiger charge is -2.26. The molecule has 108 valence electrons. The molecule has 3 atom stereocenters. The molecular formula is C14H23NO4. The maximum absolute atomic E-state index is 12.4. The van der Waals surface area contributed by atoms with Gasteiger partial charge in [-0.25, -0.2) is 0 Å². The number of hydrogen-bond acceptors (Lipinski definition) is 3. The first kappa shape index (κ1) is 15.7. The van der Waals surface area contributed by atoms with Crippen molar-refractivity contribution < 1.29 is 19.4 Å². The molecule has 1 rings (SSSR count). The van der Waals surface area contributed by atoms with Gasteiger partial charge in [0.05, 0.1) is 12.5 Å². The number of carbonyl (C=O) groups excluding carboxylic acids is 1. The second-order valence-corrected chi connectivity index (χ2v) is 5.40. The maximum Gasteiger partial charge on any atom is 0.305 e. The highest BCUT2D eigenvalue weighted by molar-refractivity contribution is 5.80. The number of allylic oxidation sites excluding steroid dienone is 1. The summed E-state index contributed by atoms with van der Waals surface area (Å²) in [5, 5.41) is 8.92. The maximum atomic E-state index is 12.4. The predicted molar refractivity (Wildman–Crippen MR) is 71.8 cm³/mol. The van der Waals surface area contributed by atoms with Gasteiger partial charge in [0, 0.05) is 25.6 Å². The Morgan fingerprint density at radius 1 is 1.53 bits per heavy atom. The second-order valence-electron chi connectivity index (χ2n) is 5.40. The third-order valence-corrected chi connectivity index (χ3v) is 3.48. The normalized spacial score (nSPS) is 24.3. The lowest BCUT2D eigenvalue weighted by Crippen LogP contribution is -2.40. The molecule has 1 N–H and O–H groups in total. The zero-order chi connectivity index (χ0) is 14.6. The third kappa shape index (κ3) is 4.35. The molecule has 1 amide bonds. The minimum atomic E-state index is -0.882. The molecule has 0 aromatic heterocycles. The van der Waals surface area contributed by atoms with Gasteiger partial charge in [0.2, 0.25) is 5.91 Å². The van der Waals surface area contributed by atoms with E-state index in [1.54, 1.807) is 12.0 Å².